The van der Waals surface area contributed by atoms with Crippen LogP contribution in [0, 0.1) is 5.92 Å². The van der Waals surface area contributed by atoms with Gasteiger partial charge >= 0.3 is 11.9 Å². The van der Waals surface area contributed by atoms with Crippen LogP contribution in [0.5, 0.6) is 0 Å². The second kappa shape index (κ2) is 7.32. The van der Waals surface area contributed by atoms with Gasteiger partial charge in [0.25, 0.3) is 0 Å². The van der Waals surface area contributed by atoms with Crippen LogP contribution < -0.4 is 5.32 Å². The van der Waals surface area contributed by atoms with Gasteiger partial charge in [0, 0.05) is 13.1 Å². The highest BCUT2D eigenvalue weighted by Gasteiger charge is 2.11. The second-order valence-electron chi connectivity index (χ2n) is 2.95. The van der Waals surface area contributed by atoms with Crippen molar-refractivity contribution in [3.05, 3.63) is 0 Å². The molecule has 0 heterocycles. The van der Waals surface area contributed by atoms with E-state index in [9.17, 15) is 9.59 Å². The normalized spacial score (nSPS) is 11.9. The van der Waals surface area contributed by atoms with Gasteiger partial charge in [0.15, 0.2) is 0 Å². The number of carbonyl (C=O) groups is 2. The van der Waals surface area contributed by atoms with Crippen molar-refractivity contribution in [2.24, 2.45) is 5.92 Å². The minimum Gasteiger partial charge on any atom is -0.469 e. The molecular formula is C9H17NO4. The molecule has 0 rings (SSSR count). The first kappa shape index (κ1) is 12.9. The van der Waals surface area contributed by atoms with Gasteiger partial charge in [-0.2, -0.15) is 0 Å². The number of esters is 2. The number of hydrogen-bond acceptors (Lipinski definition) is 5. The molecular weight excluding hydrogens is 186 g/mol. The lowest BCUT2D eigenvalue weighted by Gasteiger charge is -2.09. The summed E-state index contributed by atoms with van der Waals surface area (Å²) in [6, 6.07) is 0. The molecule has 0 aliphatic carbocycles. The van der Waals surface area contributed by atoms with Crippen LogP contribution in [0.3, 0.4) is 0 Å². The van der Waals surface area contributed by atoms with Crippen molar-refractivity contribution in [2.75, 3.05) is 27.3 Å². The van der Waals surface area contributed by atoms with Crippen LogP contribution in [0.4, 0.5) is 0 Å². The van der Waals surface area contributed by atoms with Gasteiger partial charge < -0.3 is 14.8 Å². The molecule has 82 valence electrons. The Morgan fingerprint density at radius 2 is 1.93 bits per heavy atom. The van der Waals surface area contributed by atoms with Gasteiger partial charge in [-0.1, -0.05) is 6.92 Å². The van der Waals surface area contributed by atoms with Gasteiger partial charge in [-0.05, 0) is 0 Å². The van der Waals surface area contributed by atoms with Crippen LogP contribution in [-0.2, 0) is 19.1 Å². The Kier molecular flexibility index (Phi) is 6.74. The Balaban J connectivity index is 3.45. The number of rotatable bonds is 6. The molecule has 0 amide bonds. The van der Waals surface area contributed by atoms with Gasteiger partial charge in [0.1, 0.15) is 0 Å². The Morgan fingerprint density at radius 3 is 2.43 bits per heavy atom. The van der Waals surface area contributed by atoms with E-state index >= 15 is 0 Å². The minimum atomic E-state index is -0.261. The summed E-state index contributed by atoms with van der Waals surface area (Å²) >= 11 is 0. The molecule has 1 N–H and O–H groups in total. The zero-order valence-corrected chi connectivity index (χ0v) is 8.83. The van der Waals surface area contributed by atoms with Crippen LogP contribution in [0.1, 0.15) is 13.3 Å². The molecule has 0 aliphatic rings. The molecule has 0 saturated heterocycles. The van der Waals surface area contributed by atoms with Crippen molar-refractivity contribution in [2.45, 2.75) is 13.3 Å². The molecule has 0 aromatic heterocycles. The number of hydrogen-bond donors (Lipinski definition) is 1. The molecule has 0 aromatic carbocycles. The summed E-state index contributed by atoms with van der Waals surface area (Å²) in [4.78, 5) is 21.6. The van der Waals surface area contributed by atoms with Crippen molar-refractivity contribution in [1.29, 1.82) is 0 Å². The third-order valence-corrected chi connectivity index (χ3v) is 1.79. The highest BCUT2D eigenvalue weighted by molar-refractivity contribution is 5.72. The molecule has 0 aliphatic heterocycles. The van der Waals surface area contributed by atoms with E-state index in [4.69, 9.17) is 0 Å². The molecule has 14 heavy (non-hydrogen) atoms. The molecule has 5 nitrogen and oxygen atoms in total. The highest BCUT2D eigenvalue weighted by atomic mass is 16.5. The van der Waals surface area contributed by atoms with Crippen molar-refractivity contribution in [1.82, 2.24) is 5.32 Å². The predicted octanol–water partition coefficient (Wildman–Crippen LogP) is -0.0518. The SMILES string of the molecule is COC(=O)CCNCC(C)C(=O)OC. The van der Waals surface area contributed by atoms with Gasteiger partial charge in [-0.3, -0.25) is 9.59 Å². The summed E-state index contributed by atoms with van der Waals surface area (Å²) in [5, 5.41) is 2.96. The van der Waals surface area contributed by atoms with Gasteiger partial charge in [-0.15, -0.1) is 0 Å². The molecule has 5 heteroatoms. The summed E-state index contributed by atoms with van der Waals surface area (Å²) in [7, 11) is 2.70. The molecule has 1 unspecified atom stereocenters. The zero-order valence-electron chi connectivity index (χ0n) is 8.83. The monoisotopic (exact) mass is 203 g/mol. The summed E-state index contributed by atoms with van der Waals surface area (Å²) in [6.07, 6.45) is 0.310. The topological polar surface area (TPSA) is 64.6 Å². The lowest BCUT2D eigenvalue weighted by Crippen LogP contribution is -2.29. The smallest absolute Gasteiger partial charge is 0.309 e. The average molecular weight is 203 g/mol. The fourth-order valence-corrected chi connectivity index (χ4v) is 0.896. The zero-order chi connectivity index (χ0) is 11.0. The first-order valence-electron chi connectivity index (χ1n) is 4.47. The lowest BCUT2D eigenvalue weighted by atomic mass is 10.2. The number of ether oxygens (including phenoxy) is 2. The maximum absolute atomic E-state index is 10.9. The fraction of sp³-hybridized carbons (Fsp3) is 0.778. The average Bonchev–Trinajstić information content (AvgIpc) is 2.22. The maximum Gasteiger partial charge on any atom is 0.309 e. The van der Waals surface area contributed by atoms with Crippen LogP contribution >= 0.6 is 0 Å². The Bertz CT molecular complexity index is 193. The van der Waals surface area contributed by atoms with E-state index in [0.29, 0.717) is 19.5 Å². The number of carbonyl (C=O) groups excluding carboxylic acids is 2. The first-order chi connectivity index (χ1) is 6.61. The third kappa shape index (κ3) is 5.53. The van der Waals surface area contributed by atoms with Crippen LogP contribution in [0.15, 0.2) is 0 Å². The Morgan fingerprint density at radius 1 is 1.29 bits per heavy atom. The molecule has 0 bridgehead atoms. The lowest BCUT2D eigenvalue weighted by molar-refractivity contribution is -0.144. The molecule has 1 atom stereocenters. The molecule has 0 saturated carbocycles. The Labute approximate surface area is 83.8 Å². The summed E-state index contributed by atoms with van der Waals surface area (Å²) < 4.78 is 9.00. The van der Waals surface area contributed by atoms with Crippen LogP contribution in [0.25, 0.3) is 0 Å². The van der Waals surface area contributed by atoms with E-state index in [1.165, 1.54) is 14.2 Å². The quantitative estimate of drug-likeness (QED) is 0.484. The second-order valence-corrected chi connectivity index (χ2v) is 2.95. The van der Waals surface area contributed by atoms with Crippen molar-refractivity contribution in [3.8, 4) is 0 Å². The number of methoxy groups -OCH3 is 2. The van der Waals surface area contributed by atoms with E-state index in [1.807, 2.05) is 0 Å². The van der Waals surface area contributed by atoms with E-state index in [0.717, 1.165) is 0 Å². The molecule has 0 radical (unpaired) electrons. The van der Waals surface area contributed by atoms with Crippen molar-refractivity contribution >= 4 is 11.9 Å². The van der Waals surface area contributed by atoms with E-state index in [-0.39, 0.29) is 17.9 Å². The van der Waals surface area contributed by atoms with Crippen molar-refractivity contribution in [3.63, 3.8) is 0 Å². The van der Waals surface area contributed by atoms with Gasteiger partial charge in [-0.25, -0.2) is 0 Å². The summed E-state index contributed by atoms with van der Waals surface area (Å²) in [6.45, 7) is 2.77. The maximum atomic E-state index is 10.9. The van der Waals surface area contributed by atoms with Crippen LogP contribution in [-0.4, -0.2) is 39.2 Å². The van der Waals surface area contributed by atoms with E-state index in [1.54, 1.807) is 6.92 Å². The molecule has 0 spiro atoms. The van der Waals surface area contributed by atoms with E-state index in [2.05, 4.69) is 14.8 Å². The summed E-state index contributed by atoms with van der Waals surface area (Å²) in [5.74, 6) is -0.712. The third-order valence-electron chi connectivity index (χ3n) is 1.79. The van der Waals surface area contributed by atoms with E-state index < -0.39 is 0 Å². The predicted molar refractivity (Wildman–Crippen MR) is 50.7 cm³/mol. The summed E-state index contributed by atoms with van der Waals surface area (Å²) in [5.41, 5.74) is 0. The van der Waals surface area contributed by atoms with Gasteiger partial charge in [0.2, 0.25) is 0 Å². The van der Waals surface area contributed by atoms with Crippen molar-refractivity contribution < 1.29 is 19.1 Å². The number of nitrogens with one attached hydrogen (secondary N) is 1. The first-order valence-corrected chi connectivity index (χ1v) is 4.47. The van der Waals surface area contributed by atoms with Gasteiger partial charge in [0.05, 0.1) is 26.6 Å². The highest BCUT2D eigenvalue weighted by Crippen LogP contribution is 1.95. The Hall–Kier alpha value is -1.10. The standard InChI is InChI=1S/C9H17NO4/c1-7(9(12)14-3)6-10-5-4-8(11)13-2/h7,10H,4-6H2,1-3H3. The largest absolute Gasteiger partial charge is 0.469 e. The minimum absolute atomic E-state index is 0.197. The van der Waals surface area contributed by atoms with Crippen LogP contribution in [0.2, 0.25) is 0 Å². The fourth-order valence-electron chi connectivity index (χ4n) is 0.896. The molecule has 0 fully saturated rings. The molecule has 0 aromatic rings.